The van der Waals surface area contributed by atoms with E-state index in [9.17, 15) is 0 Å². The van der Waals surface area contributed by atoms with Crippen molar-refractivity contribution >= 4 is 0 Å². The number of rotatable bonds is 3. The highest BCUT2D eigenvalue weighted by Crippen LogP contribution is 2.60. The summed E-state index contributed by atoms with van der Waals surface area (Å²) in [6, 6.07) is 2.25. The molecule has 3 heteroatoms. The normalized spacial score (nSPS) is 33.3. The predicted molar refractivity (Wildman–Crippen MR) is 83.5 cm³/mol. The minimum atomic E-state index is 0.0233. The second-order valence-corrected chi connectivity index (χ2v) is 7.06. The predicted octanol–water partition coefficient (Wildman–Crippen LogP) is 3.67. The van der Waals surface area contributed by atoms with Gasteiger partial charge in [0.1, 0.15) is 11.5 Å². The number of hydrogen-bond acceptors (Lipinski definition) is 3. The molecule has 1 N–H and O–H groups in total. The standard InChI is InChI=1S/C18H25NO2/c1-18(7-4-8-19-18)13-10-14(20-2)15-11-5-6-12(9-11)16(15)17(13)21-3/h10-12,19H,4-9H2,1-3H3. The van der Waals surface area contributed by atoms with Crippen LogP contribution in [0.4, 0.5) is 0 Å². The number of benzene rings is 1. The average molecular weight is 287 g/mol. The van der Waals surface area contributed by atoms with Gasteiger partial charge in [-0.15, -0.1) is 0 Å². The van der Waals surface area contributed by atoms with Crippen LogP contribution in [0.15, 0.2) is 6.07 Å². The van der Waals surface area contributed by atoms with Crippen LogP contribution in [0.1, 0.15) is 67.6 Å². The van der Waals surface area contributed by atoms with Crippen molar-refractivity contribution in [3.05, 3.63) is 22.8 Å². The molecule has 0 amide bonds. The molecule has 2 bridgehead atoms. The molecule has 3 nitrogen and oxygen atoms in total. The van der Waals surface area contributed by atoms with E-state index in [-0.39, 0.29) is 5.54 Å². The number of methoxy groups -OCH3 is 2. The second kappa shape index (κ2) is 4.64. The molecule has 0 spiro atoms. The van der Waals surface area contributed by atoms with Crippen LogP contribution in [0.2, 0.25) is 0 Å². The zero-order valence-corrected chi connectivity index (χ0v) is 13.3. The van der Waals surface area contributed by atoms with Crippen molar-refractivity contribution in [2.24, 2.45) is 0 Å². The highest BCUT2D eigenvalue weighted by Gasteiger charge is 2.44. The van der Waals surface area contributed by atoms with E-state index in [1.54, 1.807) is 0 Å². The first-order chi connectivity index (χ1) is 10.2. The first kappa shape index (κ1) is 13.4. The Hall–Kier alpha value is -1.22. The molecule has 2 aliphatic carbocycles. The SMILES string of the molecule is COc1cc(C2(C)CCCN2)c(OC)c2c1C1CCC2C1. The first-order valence-electron chi connectivity index (χ1n) is 8.22. The van der Waals surface area contributed by atoms with Crippen LogP contribution in [0.3, 0.4) is 0 Å². The number of nitrogens with one attached hydrogen (secondary N) is 1. The van der Waals surface area contributed by atoms with E-state index in [1.165, 1.54) is 48.8 Å². The zero-order valence-electron chi connectivity index (χ0n) is 13.3. The number of fused-ring (bicyclic) bond motifs is 5. The Labute approximate surface area is 127 Å². The molecule has 0 aromatic heterocycles. The van der Waals surface area contributed by atoms with Crippen molar-refractivity contribution in [2.75, 3.05) is 20.8 Å². The summed E-state index contributed by atoms with van der Waals surface area (Å²) < 4.78 is 11.7. The van der Waals surface area contributed by atoms with Crippen molar-refractivity contribution < 1.29 is 9.47 Å². The molecule has 3 unspecified atom stereocenters. The summed E-state index contributed by atoms with van der Waals surface area (Å²) in [5.74, 6) is 3.59. The van der Waals surface area contributed by atoms with Gasteiger partial charge in [0.05, 0.1) is 14.2 Å². The van der Waals surface area contributed by atoms with E-state index in [4.69, 9.17) is 9.47 Å². The molecule has 1 saturated heterocycles. The summed E-state index contributed by atoms with van der Waals surface area (Å²) in [6.07, 6.45) is 6.30. The van der Waals surface area contributed by atoms with Gasteiger partial charge in [-0.1, -0.05) is 0 Å². The zero-order chi connectivity index (χ0) is 14.6. The van der Waals surface area contributed by atoms with Crippen molar-refractivity contribution in [3.63, 3.8) is 0 Å². The molecule has 1 aliphatic heterocycles. The Morgan fingerprint density at radius 1 is 1.14 bits per heavy atom. The third kappa shape index (κ3) is 1.76. The summed E-state index contributed by atoms with van der Waals surface area (Å²) >= 11 is 0. The van der Waals surface area contributed by atoms with Crippen molar-refractivity contribution in [1.82, 2.24) is 5.32 Å². The maximum absolute atomic E-state index is 5.92. The Morgan fingerprint density at radius 3 is 2.52 bits per heavy atom. The Bertz CT molecular complexity index is 575. The maximum Gasteiger partial charge on any atom is 0.127 e. The lowest BCUT2D eigenvalue weighted by Gasteiger charge is -2.31. The highest BCUT2D eigenvalue weighted by atomic mass is 16.5. The molecular formula is C18H25NO2. The molecular weight excluding hydrogens is 262 g/mol. The Morgan fingerprint density at radius 2 is 1.90 bits per heavy atom. The fraction of sp³-hybridized carbons (Fsp3) is 0.667. The molecule has 4 rings (SSSR count). The van der Waals surface area contributed by atoms with E-state index in [2.05, 4.69) is 18.3 Å². The van der Waals surface area contributed by atoms with Gasteiger partial charge in [0.2, 0.25) is 0 Å². The topological polar surface area (TPSA) is 30.5 Å². The van der Waals surface area contributed by atoms with Crippen LogP contribution < -0.4 is 14.8 Å². The van der Waals surface area contributed by atoms with Crippen LogP contribution in [0.25, 0.3) is 0 Å². The van der Waals surface area contributed by atoms with E-state index in [0.29, 0.717) is 11.8 Å². The van der Waals surface area contributed by atoms with Crippen LogP contribution in [-0.4, -0.2) is 20.8 Å². The lowest BCUT2D eigenvalue weighted by Crippen LogP contribution is -2.34. The quantitative estimate of drug-likeness (QED) is 0.920. The van der Waals surface area contributed by atoms with Gasteiger partial charge in [-0.3, -0.25) is 0 Å². The van der Waals surface area contributed by atoms with Crippen LogP contribution in [0, 0.1) is 0 Å². The van der Waals surface area contributed by atoms with Crippen LogP contribution in [-0.2, 0) is 5.54 Å². The molecule has 2 fully saturated rings. The monoisotopic (exact) mass is 287 g/mol. The number of ether oxygens (including phenoxy) is 2. The van der Waals surface area contributed by atoms with Gasteiger partial charge in [0.15, 0.2) is 0 Å². The lowest BCUT2D eigenvalue weighted by atomic mass is 9.82. The smallest absolute Gasteiger partial charge is 0.127 e. The summed E-state index contributed by atoms with van der Waals surface area (Å²) in [5, 5.41) is 3.67. The van der Waals surface area contributed by atoms with E-state index in [1.807, 2.05) is 14.2 Å². The second-order valence-electron chi connectivity index (χ2n) is 7.06. The van der Waals surface area contributed by atoms with Gasteiger partial charge >= 0.3 is 0 Å². The summed E-state index contributed by atoms with van der Waals surface area (Å²) in [7, 11) is 3.64. The average Bonchev–Trinajstić information content (AvgIpc) is 3.21. The van der Waals surface area contributed by atoms with Crippen molar-refractivity contribution in [1.29, 1.82) is 0 Å². The minimum Gasteiger partial charge on any atom is -0.496 e. The molecule has 114 valence electrons. The van der Waals surface area contributed by atoms with Gasteiger partial charge in [0, 0.05) is 22.2 Å². The third-order valence-corrected chi connectivity index (χ3v) is 5.96. The lowest BCUT2D eigenvalue weighted by molar-refractivity contribution is 0.356. The molecule has 3 atom stereocenters. The van der Waals surface area contributed by atoms with E-state index >= 15 is 0 Å². The maximum atomic E-state index is 5.92. The molecule has 1 heterocycles. The molecule has 21 heavy (non-hydrogen) atoms. The third-order valence-electron chi connectivity index (χ3n) is 5.96. The fourth-order valence-electron chi connectivity index (χ4n) is 4.93. The van der Waals surface area contributed by atoms with Crippen molar-refractivity contribution in [2.45, 2.75) is 56.4 Å². The van der Waals surface area contributed by atoms with Gasteiger partial charge in [-0.25, -0.2) is 0 Å². The van der Waals surface area contributed by atoms with Gasteiger partial charge in [-0.2, -0.15) is 0 Å². The molecule has 1 saturated carbocycles. The largest absolute Gasteiger partial charge is 0.496 e. The highest BCUT2D eigenvalue weighted by molar-refractivity contribution is 5.62. The van der Waals surface area contributed by atoms with E-state index < -0.39 is 0 Å². The van der Waals surface area contributed by atoms with Gasteiger partial charge in [0.25, 0.3) is 0 Å². The minimum absolute atomic E-state index is 0.0233. The molecule has 1 aromatic rings. The summed E-state index contributed by atoms with van der Waals surface area (Å²) in [6.45, 7) is 3.39. The van der Waals surface area contributed by atoms with E-state index in [0.717, 1.165) is 18.0 Å². The fourth-order valence-corrected chi connectivity index (χ4v) is 4.93. The molecule has 0 radical (unpaired) electrons. The number of hydrogen-bond donors (Lipinski definition) is 1. The molecule has 1 aromatic carbocycles. The Balaban J connectivity index is 1.94. The van der Waals surface area contributed by atoms with Gasteiger partial charge < -0.3 is 14.8 Å². The molecule has 3 aliphatic rings. The van der Waals surface area contributed by atoms with Gasteiger partial charge in [-0.05, 0) is 63.5 Å². The Kier molecular flexibility index (Phi) is 2.97. The summed E-state index contributed by atoms with van der Waals surface area (Å²) in [4.78, 5) is 0. The summed E-state index contributed by atoms with van der Waals surface area (Å²) in [5.41, 5.74) is 4.22. The first-order valence-corrected chi connectivity index (χ1v) is 8.22. The van der Waals surface area contributed by atoms with Crippen LogP contribution >= 0.6 is 0 Å². The van der Waals surface area contributed by atoms with Crippen LogP contribution in [0.5, 0.6) is 11.5 Å². The van der Waals surface area contributed by atoms with Crippen molar-refractivity contribution in [3.8, 4) is 11.5 Å².